The van der Waals surface area contributed by atoms with E-state index in [2.05, 4.69) is 24.6 Å². The quantitative estimate of drug-likeness (QED) is 0.372. The van der Waals surface area contributed by atoms with Crippen LogP contribution in [0.25, 0.3) is 0 Å². The summed E-state index contributed by atoms with van der Waals surface area (Å²) in [4.78, 5) is 0. The second-order valence-corrected chi connectivity index (χ2v) is 3.62. The Labute approximate surface area is 60.1 Å². The molecule has 1 radical (unpaired) electrons. The largest absolute Gasteiger partial charge is 0.138 e. The van der Waals surface area contributed by atoms with Gasteiger partial charge in [-0.05, 0) is 6.92 Å². The summed E-state index contributed by atoms with van der Waals surface area (Å²) in [5.41, 5.74) is 3.06. The summed E-state index contributed by atoms with van der Waals surface area (Å²) in [6.45, 7) is 6.25. The first-order valence-electron chi connectivity index (χ1n) is 2.00. The van der Waals surface area contributed by atoms with Gasteiger partial charge in [-0.3, -0.25) is 0 Å². The van der Waals surface area contributed by atoms with E-state index in [-0.39, 0.29) is 28.3 Å². The minimum Gasteiger partial charge on any atom is -0.134 e. The molecular formula is C5H9SiZn. The maximum atomic E-state index is 3.06. The van der Waals surface area contributed by atoms with Crippen molar-refractivity contribution in [3.8, 4) is 11.5 Å². The van der Waals surface area contributed by atoms with Crippen LogP contribution in [0, 0.1) is 11.5 Å². The first-order chi connectivity index (χ1) is 2.77. The van der Waals surface area contributed by atoms with Gasteiger partial charge in [0, 0.05) is 19.5 Å². The maximum Gasteiger partial charge on any atom is 0.138 e. The molecule has 0 heterocycles. The van der Waals surface area contributed by atoms with Crippen molar-refractivity contribution in [1.29, 1.82) is 0 Å². The van der Waals surface area contributed by atoms with E-state index in [1.54, 1.807) is 0 Å². The smallest absolute Gasteiger partial charge is 0.134 e. The van der Waals surface area contributed by atoms with Gasteiger partial charge >= 0.3 is 0 Å². The summed E-state index contributed by atoms with van der Waals surface area (Å²) in [7, 11) is -0.247. The number of hydrogen-bond acceptors (Lipinski definition) is 0. The van der Waals surface area contributed by atoms with Crippen LogP contribution in [0.1, 0.15) is 6.92 Å². The summed E-state index contributed by atoms with van der Waals surface area (Å²) in [6, 6.07) is 0. The van der Waals surface area contributed by atoms with E-state index in [9.17, 15) is 0 Å². The summed E-state index contributed by atoms with van der Waals surface area (Å²) in [6.07, 6.45) is 0. The van der Waals surface area contributed by atoms with Gasteiger partial charge < -0.3 is 0 Å². The predicted molar refractivity (Wildman–Crippen MR) is 30.9 cm³/mol. The standard InChI is InChI=1S/C5H9Si.Zn/c1-4-5-6(2)3;/h1-3H3;. The Balaban J connectivity index is 0. The van der Waals surface area contributed by atoms with Crippen molar-refractivity contribution in [2.75, 3.05) is 0 Å². The summed E-state index contributed by atoms with van der Waals surface area (Å²) >= 11 is 0. The van der Waals surface area contributed by atoms with E-state index in [4.69, 9.17) is 0 Å². The van der Waals surface area contributed by atoms with Crippen LogP contribution in [-0.2, 0) is 19.5 Å². The van der Waals surface area contributed by atoms with Crippen LogP contribution in [0.4, 0.5) is 0 Å². The molecule has 0 aromatic carbocycles. The van der Waals surface area contributed by atoms with Gasteiger partial charge in [0.15, 0.2) is 0 Å². The Morgan fingerprint density at radius 1 is 1.29 bits per heavy atom. The van der Waals surface area contributed by atoms with Crippen molar-refractivity contribution < 1.29 is 19.5 Å². The van der Waals surface area contributed by atoms with Crippen LogP contribution < -0.4 is 0 Å². The minimum absolute atomic E-state index is 0. The zero-order valence-electron chi connectivity index (χ0n) is 5.21. The van der Waals surface area contributed by atoms with Crippen LogP contribution in [-0.4, -0.2) is 8.80 Å². The van der Waals surface area contributed by atoms with E-state index in [1.165, 1.54) is 0 Å². The molecule has 0 aromatic heterocycles. The van der Waals surface area contributed by atoms with Gasteiger partial charge in [-0.25, -0.2) is 0 Å². The SMILES string of the molecule is CC#C[Si](C)C.[Zn]. The normalized spacial score (nSPS) is 6.29. The molecule has 0 nitrogen and oxygen atoms in total. The Morgan fingerprint density at radius 3 is 1.71 bits per heavy atom. The zero-order valence-corrected chi connectivity index (χ0v) is 9.17. The van der Waals surface area contributed by atoms with Crippen molar-refractivity contribution in [2.24, 2.45) is 0 Å². The van der Waals surface area contributed by atoms with Gasteiger partial charge in [0.25, 0.3) is 0 Å². The zero-order chi connectivity index (χ0) is 4.99. The molecule has 0 spiro atoms. The molecule has 0 unspecified atom stereocenters. The second kappa shape index (κ2) is 6.40. The molecule has 0 atom stereocenters. The molecule has 0 aliphatic heterocycles. The van der Waals surface area contributed by atoms with E-state index >= 15 is 0 Å². The predicted octanol–water partition coefficient (Wildman–Crippen LogP) is 1.30. The Morgan fingerprint density at radius 2 is 1.71 bits per heavy atom. The van der Waals surface area contributed by atoms with Crippen LogP contribution in [0.2, 0.25) is 13.1 Å². The molecule has 2 heteroatoms. The van der Waals surface area contributed by atoms with Gasteiger partial charge in [0.1, 0.15) is 8.80 Å². The van der Waals surface area contributed by atoms with Crippen molar-refractivity contribution in [3.05, 3.63) is 0 Å². The molecule has 0 bridgehead atoms. The van der Waals surface area contributed by atoms with Crippen molar-refractivity contribution >= 4 is 8.80 Å². The topological polar surface area (TPSA) is 0 Å². The van der Waals surface area contributed by atoms with Gasteiger partial charge in [-0.2, -0.15) is 0 Å². The summed E-state index contributed by atoms with van der Waals surface area (Å²) in [5, 5.41) is 0. The fraction of sp³-hybridized carbons (Fsp3) is 0.600. The van der Waals surface area contributed by atoms with Crippen molar-refractivity contribution in [2.45, 2.75) is 20.0 Å². The van der Waals surface area contributed by atoms with Crippen LogP contribution in [0.3, 0.4) is 0 Å². The third kappa shape index (κ3) is 10.7. The fourth-order valence-corrected chi connectivity index (χ4v) is 0.750. The molecule has 0 rings (SSSR count). The molecule has 0 aromatic rings. The molecule has 35 valence electrons. The van der Waals surface area contributed by atoms with E-state index in [1.807, 2.05) is 6.92 Å². The Kier molecular flexibility index (Phi) is 9.50. The van der Waals surface area contributed by atoms with Gasteiger partial charge in [-0.15, -0.1) is 11.5 Å². The van der Waals surface area contributed by atoms with Crippen molar-refractivity contribution in [3.63, 3.8) is 0 Å². The minimum atomic E-state index is -0.247. The third-order valence-electron chi connectivity index (χ3n) is 0.375. The second-order valence-electron chi connectivity index (χ2n) is 1.38. The monoisotopic (exact) mass is 161 g/mol. The van der Waals surface area contributed by atoms with Crippen molar-refractivity contribution in [1.82, 2.24) is 0 Å². The molecule has 0 aliphatic carbocycles. The first-order valence-corrected chi connectivity index (χ1v) is 4.50. The third-order valence-corrected chi connectivity index (χ3v) is 1.12. The average Bonchev–Trinajstić information content (AvgIpc) is 1.35. The maximum absolute atomic E-state index is 3.06. The van der Waals surface area contributed by atoms with E-state index in [0.29, 0.717) is 0 Å². The van der Waals surface area contributed by atoms with E-state index < -0.39 is 0 Å². The fourth-order valence-electron chi connectivity index (χ4n) is 0.250. The van der Waals surface area contributed by atoms with Gasteiger partial charge in [-0.1, -0.05) is 13.1 Å². The van der Waals surface area contributed by atoms with Gasteiger partial charge in [0.2, 0.25) is 0 Å². The number of hydrogen-bond donors (Lipinski definition) is 0. The first kappa shape index (κ1) is 10.4. The van der Waals surface area contributed by atoms with Crippen LogP contribution in [0.15, 0.2) is 0 Å². The molecule has 0 saturated carbocycles. The Hall–Kier alpha value is 0.400. The number of rotatable bonds is 0. The average molecular weight is 163 g/mol. The van der Waals surface area contributed by atoms with Crippen LogP contribution in [0.5, 0.6) is 0 Å². The Bertz CT molecular complexity index is 77.8. The molecule has 0 fully saturated rings. The molecule has 0 N–H and O–H groups in total. The molecule has 0 saturated heterocycles. The molecule has 0 amide bonds. The molecule has 7 heavy (non-hydrogen) atoms. The molecule has 0 aliphatic rings. The van der Waals surface area contributed by atoms with E-state index in [0.717, 1.165) is 0 Å². The summed E-state index contributed by atoms with van der Waals surface area (Å²) in [5.74, 6) is 2.86. The van der Waals surface area contributed by atoms with Gasteiger partial charge in [0.05, 0.1) is 0 Å². The van der Waals surface area contributed by atoms with Crippen LogP contribution >= 0.6 is 0 Å². The summed E-state index contributed by atoms with van der Waals surface area (Å²) < 4.78 is 0. The molecular weight excluding hydrogens is 154 g/mol.